The van der Waals surface area contributed by atoms with Crippen molar-refractivity contribution in [2.45, 2.75) is 12.6 Å². The van der Waals surface area contributed by atoms with E-state index in [1.165, 1.54) is 9.80 Å². The average Bonchev–Trinajstić information content (AvgIpc) is 2.45. The van der Waals surface area contributed by atoms with Crippen LogP contribution in [0.4, 0.5) is 16.2 Å². The molecule has 0 bridgehead atoms. The quantitative estimate of drug-likeness (QED) is 0.739. The van der Waals surface area contributed by atoms with Crippen LogP contribution in [0.1, 0.15) is 5.56 Å². The van der Waals surface area contributed by atoms with Gasteiger partial charge in [0.25, 0.3) is 0 Å². The molecule has 2 amide bonds. The van der Waals surface area contributed by atoms with Crippen LogP contribution in [0.2, 0.25) is 0 Å². The van der Waals surface area contributed by atoms with Crippen LogP contribution in [-0.2, 0) is 6.54 Å². The normalized spacial score (nSPS) is 14.9. The first-order valence-electron chi connectivity index (χ1n) is 6.19. The summed E-state index contributed by atoms with van der Waals surface area (Å²) in [6.45, 7) is -0.103. The molecular formula is C13H19N3O3. The number of nitrogens with one attached hydrogen (secondary N) is 1. The number of amides is 2. The van der Waals surface area contributed by atoms with Crippen molar-refractivity contribution in [3.05, 3.63) is 23.8 Å². The Labute approximate surface area is 112 Å². The number of fused-ring (bicyclic) bond motifs is 1. The number of aliphatic hydroxyl groups excluding tert-OH is 2. The summed E-state index contributed by atoms with van der Waals surface area (Å²) in [5.41, 5.74) is 2.78. The largest absolute Gasteiger partial charge is 0.394 e. The third-order valence-corrected chi connectivity index (χ3v) is 3.47. The molecule has 0 fully saturated rings. The fourth-order valence-corrected chi connectivity index (χ4v) is 2.25. The maximum absolute atomic E-state index is 12.3. The molecule has 1 aromatic rings. The van der Waals surface area contributed by atoms with Gasteiger partial charge in [-0.25, -0.2) is 4.79 Å². The molecule has 6 heteroatoms. The maximum atomic E-state index is 12.3. The first-order chi connectivity index (χ1) is 9.12. The molecule has 1 aliphatic rings. The van der Waals surface area contributed by atoms with Gasteiger partial charge in [-0.2, -0.15) is 0 Å². The number of urea groups is 1. The lowest BCUT2D eigenvalue weighted by molar-refractivity contribution is 0.0878. The number of aliphatic hydroxyl groups is 2. The van der Waals surface area contributed by atoms with Crippen molar-refractivity contribution in [2.24, 2.45) is 0 Å². The Morgan fingerprint density at radius 1 is 1.37 bits per heavy atom. The summed E-state index contributed by atoms with van der Waals surface area (Å²) in [6.07, 6.45) is 0. The van der Waals surface area contributed by atoms with E-state index >= 15 is 0 Å². The number of carbonyl (C=O) groups is 1. The maximum Gasteiger partial charge on any atom is 0.324 e. The van der Waals surface area contributed by atoms with Crippen LogP contribution >= 0.6 is 0 Å². The molecule has 0 aliphatic carbocycles. The van der Waals surface area contributed by atoms with E-state index in [0.717, 1.165) is 16.9 Å². The van der Waals surface area contributed by atoms with E-state index in [1.54, 1.807) is 7.05 Å². The second kappa shape index (κ2) is 5.46. The number of hydrogen-bond donors (Lipinski definition) is 3. The van der Waals surface area contributed by atoms with Gasteiger partial charge in [-0.3, -0.25) is 4.90 Å². The van der Waals surface area contributed by atoms with Crippen LogP contribution in [-0.4, -0.2) is 54.5 Å². The van der Waals surface area contributed by atoms with E-state index in [0.29, 0.717) is 6.54 Å². The smallest absolute Gasteiger partial charge is 0.324 e. The van der Waals surface area contributed by atoms with Gasteiger partial charge in [0, 0.05) is 26.3 Å². The van der Waals surface area contributed by atoms with Gasteiger partial charge in [-0.15, -0.1) is 0 Å². The lowest BCUT2D eigenvalue weighted by Crippen LogP contribution is -2.52. The zero-order valence-corrected chi connectivity index (χ0v) is 11.1. The first-order valence-corrected chi connectivity index (χ1v) is 6.19. The van der Waals surface area contributed by atoms with Crippen molar-refractivity contribution >= 4 is 17.4 Å². The minimum absolute atomic E-state index is 0.214. The summed E-state index contributed by atoms with van der Waals surface area (Å²) in [5, 5.41) is 21.5. The molecule has 0 spiro atoms. The van der Waals surface area contributed by atoms with Crippen molar-refractivity contribution in [1.82, 2.24) is 4.90 Å². The van der Waals surface area contributed by atoms with Crippen molar-refractivity contribution in [2.75, 3.05) is 37.5 Å². The van der Waals surface area contributed by atoms with E-state index in [2.05, 4.69) is 5.32 Å². The molecule has 1 aliphatic heterocycles. The number of benzene rings is 1. The van der Waals surface area contributed by atoms with Crippen molar-refractivity contribution in [3.63, 3.8) is 0 Å². The first kappa shape index (κ1) is 13.6. The average molecular weight is 265 g/mol. The van der Waals surface area contributed by atoms with Crippen molar-refractivity contribution in [3.8, 4) is 0 Å². The molecule has 3 N–H and O–H groups in total. The number of rotatable bonds is 4. The van der Waals surface area contributed by atoms with E-state index < -0.39 is 6.04 Å². The third-order valence-electron chi connectivity index (χ3n) is 3.47. The monoisotopic (exact) mass is 265 g/mol. The van der Waals surface area contributed by atoms with Gasteiger partial charge in [-0.05, 0) is 17.7 Å². The Balaban J connectivity index is 2.36. The molecule has 1 heterocycles. The van der Waals surface area contributed by atoms with E-state index in [-0.39, 0.29) is 19.2 Å². The summed E-state index contributed by atoms with van der Waals surface area (Å²) in [5.74, 6) is 0. The van der Waals surface area contributed by atoms with Gasteiger partial charge in [0.1, 0.15) is 0 Å². The highest BCUT2D eigenvalue weighted by Gasteiger charge is 2.32. The summed E-state index contributed by atoms with van der Waals surface area (Å²) in [6, 6.07) is 5.02. The predicted molar refractivity (Wildman–Crippen MR) is 73.3 cm³/mol. The van der Waals surface area contributed by atoms with E-state index in [9.17, 15) is 15.0 Å². The van der Waals surface area contributed by atoms with Crippen LogP contribution in [0.5, 0.6) is 0 Å². The van der Waals surface area contributed by atoms with Crippen molar-refractivity contribution in [1.29, 1.82) is 0 Å². The fraction of sp³-hybridized carbons (Fsp3) is 0.462. The Bertz CT molecular complexity index is 474. The Kier molecular flexibility index (Phi) is 3.92. The Hall–Kier alpha value is -1.79. The highest BCUT2D eigenvalue weighted by atomic mass is 16.3. The molecule has 0 saturated heterocycles. The highest BCUT2D eigenvalue weighted by molar-refractivity contribution is 5.95. The van der Waals surface area contributed by atoms with Gasteiger partial charge >= 0.3 is 6.03 Å². The molecule has 104 valence electrons. The third kappa shape index (κ3) is 2.36. The molecule has 0 aromatic heterocycles. The van der Waals surface area contributed by atoms with Crippen LogP contribution in [0.15, 0.2) is 18.2 Å². The van der Waals surface area contributed by atoms with Crippen LogP contribution < -0.4 is 10.2 Å². The molecule has 6 nitrogen and oxygen atoms in total. The van der Waals surface area contributed by atoms with E-state index in [4.69, 9.17) is 0 Å². The molecule has 1 aromatic carbocycles. The topological polar surface area (TPSA) is 76.0 Å². The van der Waals surface area contributed by atoms with E-state index in [1.807, 2.05) is 25.2 Å². The second-order valence-electron chi connectivity index (χ2n) is 4.58. The molecule has 19 heavy (non-hydrogen) atoms. The van der Waals surface area contributed by atoms with Gasteiger partial charge in [0.05, 0.1) is 24.9 Å². The fourth-order valence-electron chi connectivity index (χ4n) is 2.25. The summed E-state index contributed by atoms with van der Waals surface area (Å²) >= 11 is 0. The standard InChI is InChI=1S/C13H19N3O3/c1-14-10-4-3-9-6-16(11(7-17)8-18)13(19)15(2)12(9)5-10/h3-5,11,14,17-18H,6-8H2,1-2H3. The van der Waals surface area contributed by atoms with Gasteiger partial charge < -0.3 is 20.4 Å². The molecule has 0 atom stereocenters. The molecule has 2 rings (SSSR count). The minimum Gasteiger partial charge on any atom is -0.394 e. The summed E-state index contributed by atoms with van der Waals surface area (Å²) < 4.78 is 0. The second-order valence-corrected chi connectivity index (χ2v) is 4.58. The minimum atomic E-state index is -0.563. The molecule has 0 saturated carbocycles. The number of carbonyl (C=O) groups excluding carboxylic acids is 1. The van der Waals surface area contributed by atoms with Gasteiger partial charge in [-0.1, -0.05) is 6.07 Å². The van der Waals surface area contributed by atoms with Crippen LogP contribution in [0.25, 0.3) is 0 Å². The van der Waals surface area contributed by atoms with Crippen molar-refractivity contribution < 1.29 is 15.0 Å². The summed E-state index contributed by atoms with van der Waals surface area (Å²) in [7, 11) is 3.52. The zero-order chi connectivity index (χ0) is 14.0. The van der Waals surface area contributed by atoms with Gasteiger partial charge in [0.15, 0.2) is 0 Å². The number of anilines is 2. The Morgan fingerprint density at radius 2 is 2.05 bits per heavy atom. The number of nitrogens with zero attached hydrogens (tertiary/aromatic N) is 2. The Morgan fingerprint density at radius 3 is 2.63 bits per heavy atom. The molecule has 0 unspecified atom stereocenters. The highest BCUT2D eigenvalue weighted by Crippen LogP contribution is 2.31. The molecular weight excluding hydrogens is 246 g/mol. The van der Waals surface area contributed by atoms with Gasteiger partial charge in [0.2, 0.25) is 0 Å². The summed E-state index contributed by atoms with van der Waals surface area (Å²) in [4.78, 5) is 15.3. The lowest BCUT2D eigenvalue weighted by Gasteiger charge is -2.38. The van der Waals surface area contributed by atoms with Crippen LogP contribution in [0, 0.1) is 0 Å². The predicted octanol–water partition coefficient (Wildman–Crippen LogP) is 0.453. The molecule has 0 radical (unpaired) electrons. The van der Waals surface area contributed by atoms with Crippen LogP contribution in [0.3, 0.4) is 0 Å². The zero-order valence-electron chi connectivity index (χ0n) is 11.1. The SMILES string of the molecule is CNc1ccc2c(c1)N(C)C(=O)N(C(CO)CO)C2. The lowest BCUT2D eigenvalue weighted by atomic mass is 10.1. The number of hydrogen-bond acceptors (Lipinski definition) is 4.